The number of rotatable bonds is 5. The van der Waals surface area contributed by atoms with Crippen LogP contribution in [-0.2, 0) is 6.42 Å². The first-order valence-electron chi connectivity index (χ1n) is 5.67. The molecule has 1 heterocycles. The van der Waals surface area contributed by atoms with Crippen LogP contribution in [0, 0.1) is 11.6 Å². The van der Waals surface area contributed by atoms with E-state index in [9.17, 15) is 8.78 Å². The maximum absolute atomic E-state index is 13.2. The van der Waals surface area contributed by atoms with E-state index >= 15 is 0 Å². The van der Waals surface area contributed by atoms with Crippen molar-refractivity contribution < 1.29 is 13.5 Å². The molecule has 3 N–H and O–H groups in total. The highest BCUT2D eigenvalue weighted by molar-refractivity contribution is 7.10. The molecule has 0 saturated carbocycles. The second-order valence-corrected chi connectivity index (χ2v) is 4.97. The maximum atomic E-state index is 13.2. The van der Waals surface area contributed by atoms with Crippen molar-refractivity contribution in [2.24, 2.45) is 5.84 Å². The van der Waals surface area contributed by atoms with Crippen molar-refractivity contribution in [2.75, 3.05) is 7.11 Å². The van der Waals surface area contributed by atoms with Gasteiger partial charge in [-0.05, 0) is 35.6 Å². The predicted molar refractivity (Wildman–Crippen MR) is 71.0 cm³/mol. The summed E-state index contributed by atoms with van der Waals surface area (Å²) in [4.78, 5) is 0.926. The van der Waals surface area contributed by atoms with E-state index < -0.39 is 11.6 Å². The fourth-order valence-corrected chi connectivity index (χ4v) is 2.78. The molecule has 0 amide bonds. The predicted octanol–water partition coefficient (Wildman–Crippen LogP) is 2.78. The molecule has 1 unspecified atom stereocenters. The molecule has 0 radical (unpaired) electrons. The highest BCUT2D eigenvalue weighted by Gasteiger charge is 2.17. The van der Waals surface area contributed by atoms with Crippen molar-refractivity contribution in [3.63, 3.8) is 0 Å². The van der Waals surface area contributed by atoms with Crippen LogP contribution in [0.2, 0.25) is 0 Å². The Hall–Kier alpha value is -1.50. The number of halogens is 2. The lowest BCUT2D eigenvalue weighted by Crippen LogP contribution is -2.29. The number of benzene rings is 1. The minimum atomic E-state index is -0.855. The monoisotopic (exact) mass is 284 g/mol. The summed E-state index contributed by atoms with van der Waals surface area (Å²) in [6.07, 6.45) is 0.449. The molecule has 1 aromatic carbocycles. The van der Waals surface area contributed by atoms with Gasteiger partial charge >= 0.3 is 0 Å². The van der Waals surface area contributed by atoms with E-state index in [1.807, 2.05) is 11.4 Å². The zero-order valence-electron chi connectivity index (χ0n) is 10.3. The summed E-state index contributed by atoms with van der Waals surface area (Å²) in [5.41, 5.74) is 3.34. The van der Waals surface area contributed by atoms with E-state index in [4.69, 9.17) is 10.6 Å². The Kier molecular flexibility index (Phi) is 4.47. The van der Waals surface area contributed by atoms with Crippen LogP contribution in [0.15, 0.2) is 29.6 Å². The minimum Gasteiger partial charge on any atom is -0.496 e. The third-order valence-corrected chi connectivity index (χ3v) is 3.83. The second-order valence-electron chi connectivity index (χ2n) is 4.03. The molecule has 0 aliphatic heterocycles. The summed E-state index contributed by atoms with van der Waals surface area (Å²) in [5, 5.41) is 1.89. The Balaban J connectivity index is 2.21. The number of thiophene rings is 1. The first kappa shape index (κ1) is 13.9. The molecule has 0 fully saturated rings. The summed E-state index contributed by atoms with van der Waals surface area (Å²) < 4.78 is 31.3. The van der Waals surface area contributed by atoms with Crippen LogP contribution >= 0.6 is 11.3 Å². The van der Waals surface area contributed by atoms with Crippen molar-refractivity contribution in [2.45, 2.75) is 12.5 Å². The van der Waals surface area contributed by atoms with Gasteiger partial charge in [-0.2, -0.15) is 0 Å². The lowest BCUT2D eigenvalue weighted by molar-refractivity contribution is 0.403. The van der Waals surface area contributed by atoms with E-state index in [1.54, 1.807) is 13.2 Å². The number of methoxy groups -OCH3 is 1. The lowest BCUT2D eigenvalue weighted by atomic mass is 10.0. The van der Waals surface area contributed by atoms with Crippen LogP contribution in [0.4, 0.5) is 8.78 Å². The van der Waals surface area contributed by atoms with Gasteiger partial charge in [-0.3, -0.25) is 11.3 Å². The Bertz CT molecular complexity index is 559. The van der Waals surface area contributed by atoms with Crippen LogP contribution < -0.4 is 16.0 Å². The van der Waals surface area contributed by atoms with Gasteiger partial charge in [-0.1, -0.05) is 6.07 Å². The van der Waals surface area contributed by atoms with Gasteiger partial charge in [0.25, 0.3) is 0 Å². The van der Waals surface area contributed by atoms with E-state index in [-0.39, 0.29) is 6.04 Å². The Morgan fingerprint density at radius 2 is 2.11 bits per heavy atom. The summed E-state index contributed by atoms with van der Waals surface area (Å²) in [6.45, 7) is 0. The normalized spacial score (nSPS) is 12.4. The molecule has 0 saturated heterocycles. The van der Waals surface area contributed by atoms with Crippen LogP contribution in [0.5, 0.6) is 5.75 Å². The zero-order chi connectivity index (χ0) is 13.8. The molecular weight excluding hydrogens is 270 g/mol. The van der Waals surface area contributed by atoms with Gasteiger partial charge in [0.15, 0.2) is 11.6 Å². The first-order chi connectivity index (χ1) is 9.15. The number of ether oxygens (including phenoxy) is 1. The zero-order valence-corrected chi connectivity index (χ0v) is 11.1. The summed E-state index contributed by atoms with van der Waals surface area (Å²) in [7, 11) is 1.58. The van der Waals surface area contributed by atoms with E-state index in [0.29, 0.717) is 12.0 Å². The SMILES string of the molecule is COc1ccsc1C(Cc1ccc(F)c(F)c1)NN. The van der Waals surface area contributed by atoms with Gasteiger partial charge < -0.3 is 4.74 Å². The number of hydrazine groups is 1. The molecule has 3 nitrogen and oxygen atoms in total. The fraction of sp³-hybridized carbons (Fsp3) is 0.231. The van der Waals surface area contributed by atoms with Crippen LogP contribution in [-0.4, -0.2) is 7.11 Å². The molecule has 1 aromatic heterocycles. The molecule has 0 aliphatic carbocycles. The second kappa shape index (κ2) is 6.10. The fourth-order valence-electron chi connectivity index (χ4n) is 1.86. The maximum Gasteiger partial charge on any atom is 0.159 e. The largest absolute Gasteiger partial charge is 0.496 e. The number of nitrogens with one attached hydrogen (secondary N) is 1. The third kappa shape index (κ3) is 3.09. The molecule has 19 heavy (non-hydrogen) atoms. The van der Waals surface area contributed by atoms with Crippen LogP contribution in [0.1, 0.15) is 16.5 Å². The van der Waals surface area contributed by atoms with Crippen LogP contribution in [0.3, 0.4) is 0 Å². The molecule has 2 aromatic rings. The molecule has 6 heteroatoms. The summed E-state index contributed by atoms with van der Waals surface area (Å²) in [6, 6.07) is 5.47. The van der Waals surface area contributed by atoms with Gasteiger partial charge in [0.1, 0.15) is 5.75 Å². The van der Waals surface area contributed by atoms with Gasteiger partial charge in [-0.15, -0.1) is 11.3 Å². The molecule has 0 aliphatic rings. The molecular formula is C13H14F2N2OS. The number of hydrogen-bond donors (Lipinski definition) is 2. The summed E-state index contributed by atoms with van der Waals surface area (Å²) in [5.74, 6) is 4.56. The molecule has 102 valence electrons. The summed E-state index contributed by atoms with van der Waals surface area (Å²) >= 11 is 1.50. The van der Waals surface area contributed by atoms with Gasteiger partial charge in [0.2, 0.25) is 0 Å². The van der Waals surface area contributed by atoms with E-state index in [2.05, 4.69) is 5.43 Å². The van der Waals surface area contributed by atoms with Crippen molar-refractivity contribution in [1.29, 1.82) is 0 Å². The topological polar surface area (TPSA) is 47.3 Å². The van der Waals surface area contributed by atoms with Crippen molar-refractivity contribution >= 4 is 11.3 Å². The minimum absolute atomic E-state index is 0.209. The van der Waals surface area contributed by atoms with Gasteiger partial charge in [0, 0.05) is 0 Å². The standard InChI is InChI=1S/C13H14F2N2OS/c1-18-12-4-5-19-13(12)11(17-16)7-8-2-3-9(14)10(15)6-8/h2-6,11,17H,7,16H2,1H3. The smallest absolute Gasteiger partial charge is 0.159 e. The molecule has 0 bridgehead atoms. The van der Waals surface area contributed by atoms with Crippen LogP contribution in [0.25, 0.3) is 0 Å². The molecule has 1 atom stereocenters. The third-order valence-electron chi connectivity index (χ3n) is 2.82. The van der Waals surface area contributed by atoms with E-state index in [1.165, 1.54) is 17.4 Å². The Labute approximate surface area is 114 Å². The molecule has 0 spiro atoms. The highest BCUT2D eigenvalue weighted by Crippen LogP contribution is 2.32. The quantitative estimate of drug-likeness (QED) is 0.655. The number of nitrogens with two attached hydrogens (primary N) is 1. The number of hydrogen-bond acceptors (Lipinski definition) is 4. The average Bonchev–Trinajstić information content (AvgIpc) is 2.88. The Morgan fingerprint density at radius 3 is 2.74 bits per heavy atom. The van der Waals surface area contributed by atoms with E-state index in [0.717, 1.165) is 16.7 Å². The molecule has 2 rings (SSSR count). The average molecular weight is 284 g/mol. The van der Waals surface area contributed by atoms with Gasteiger partial charge in [0.05, 0.1) is 18.0 Å². The van der Waals surface area contributed by atoms with Crippen molar-refractivity contribution in [3.8, 4) is 5.75 Å². The van der Waals surface area contributed by atoms with Crippen molar-refractivity contribution in [1.82, 2.24) is 5.43 Å². The highest BCUT2D eigenvalue weighted by atomic mass is 32.1. The van der Waals surface area contributed by atoms with Crippen molar-refractivity contribution in [3.05, 3.63) is 51.7 Å². The first-order valence-corrected chi connectivity index (χ1v) is 6.55. The lowest BCUT2D eigenvalue weighted by Gasteiger charge is -2.16. The van der Waals surface area contributed by atoms with Gasteiger partial charge in [-0.25, -0.2) is 8.78 Å². The Morgan fingerprint density at radius 1 is 1.32 bits per heavy atom.